The van der Waals surface area contributed by atoms with E-state index in [9.17, 15) is 9.90 Å². The molecule has 0 aliphatic carbocycles. The first-order valence-electron chi connectivity index (χ1n) is 13.1. The first-order chi connectivity index (χ1) is 18.8. The van der Waals surface area contributed by atoms with Gasteiger partial charge in [-0.05, 0) is 69.5 Å². The maximum absolute atomic E-state index is 12.3. The summed E-state index contributed by atoms with van der Waals surface area (Å²) in [6.07, 6.45) is 3.76. The summed E-state index contributed by atoms with van der Waals surface area (Å²) in [6, 6.07) is 13.6. The molecule has 2 aromatic heterocycles. The zero-order valence-corrected chi connectivity index (χ0v) is 23.6. The number of benzene rings is 2. The second-order valence-corrected chi connectivity index (χ2v) is 11.4. The standard InChI is InChI=1S/C29H32ClN5O3S/c1-17(2)38-23-15-19(18-9-11-35(12-10-18)13-14-36)7-8-22(23)33-29-32-16-24-26(34-29)25(27(39-24)28(31)37)20-5-3-4-6-21(20)30/h3-8,15-18,36H,9-14H2,1-2H3,(H2,31,37)(H,32,33,34). The number of carbonyl (C=O) groups is 1. The molecule has 4 aromatic rings. The molecule has 0 bridgehead atoms. The van der Waals surface area contributed by atoms with E-state index in [4.69, 9.17) is 27.1 Å². The Bertz CT molecular complexity index is 1480. The van der Waals surface area contributed by atoms with Crippen LogP contribution in [0.15, 0.2) is 48.7 Å². The van der Waals surface area contributed by atoms with Gasteiger partial charge in [-0.2, -0.15) is 0 Å². The van der Waals surface area contributed by atoms with Gasteiger partial charge in [0, 0.05) is 22.7 Å². The lowest BCUT2D eigenvalue weighted by Crippen LogP contribution is -2.34. The molecular formula is C29H32ClN5O3S. The number of halogens is 1. The molecule has 5 rings (SSSR count). The molecule has 1 aliphatic rings. The minimum absolute atomic E-state index is 0.0163. The third kappa shape index (κ3) is 6.01. The number of hydrogen-bond donors (Lipinski definition) is 3. The summed E-state index contributed by atoms with van der Waals surface area (Å²) >= 11 is 7.75. The van der Waals surface area contributed by atoms with Crippen molar-refractivity contribution in [3.63, 3.8) is 0 Å². The Morgan fingerprint density at radius 3 is 2.72 bits per heavy atom. The lowest BCUT2D eigenvalue weighted by Gasteiger charge is -2.32. The number of rotatable bonds is 9. The fourth-order valence-corrected chi connectivity index (χ4v) is 6.25. The Morgan fingerprint density at radius 2 is 2.03 bits per heavy atom. The Labute approximate surface area is 236 Å². The smallest absolute Gasteiger partial charge is 0.259 e. The average molecular weight is 566 g/mol. The Kier molecular flexibility index (Phi) is 8.32. The van der Waals surface area contributed by atoms with Crippen LogP contribution in [0, 0.1) is 0 Å². The summed E-state index contributed by atoms with van der Waals surface area (Å²) in [5.74, 6) is 1.02. The Hall–Kier alpha value is -3.24. The van der Waals surface area contributed by atoms with Crippen molar-refractivity contribution < 1.29 is 14.6 Å². The zero-order chi connectivity index (χ0) is 27.5. The Balaban J connectivity index is 1.48. The lowest BCUT2D eigenvalue weighted by molar-refractivity contribution is 0.100. The van der Waals surface area contributed by atoms with Crippen molar-refractivity contribution >= 4 is 50.7 Å². The molecule has 2 aromatic carbocycles. The molecule has 3 heterocycles. The number of β-amino-alcohol motifs (C(OH)–C–C–N with tert-alkyl or cyclic N) is 1. The van der Waals surface area contributed by atoms with E-state index in [0.717, 1.165) is 48.6 Å². The maximum atomic E-state index is 12.3. The van der Waals surface area contributed by atoms with E-state index in [1.165, 1.54) is 16.9 Å². The molecule has 0 saturated carbocycles. The molecule has 0 atom stereocenters. The summed E-state index contributed by atoms with van der Waals surface area (Å²) in [5.41, 5.74) is 9.64. The largest absolute Gasteiger partial charge is 0.489 e. The molecule has 4 N–H and O–H groups in total. The van der Waals surface area contributed by atoms with Gasteiger partial charge in [-0.25, -0.2) is 9.97 Å². The number of amides is 1. The number of hydrogen-bond acceptors (Lipinski definition) is 8. The van der Waals surface area contributed by atoms with E-state index in [-0.39, 0.29) is 12.7 Å². The second kappa shape index (κ2) is 11.9. The van der Waals surface area contributed by atoms with Crippen LogP contribution >= 0.6 is 22.9 Å². The number of fused-ring (bicyclic) bond motifs is 1. The minimum Gasteiger partial charge on any atom is -0.489 e. The van der Waals surface area contributed by atoms with E-state index in [1.807, 2.05) is 38.1 Å². The number of nitrogens with two attached hydrogens (primary N) is 1. The number of ether oxygens (including phenoxy) is 1. The van der Waals surface area contributed by atoms with E-state index in [2.05, 4.69) is 27.3 Å². The van der Waals surface area contributed by atoms with E-state index in [1.54, 1.807) is 12.3 Å². The summed E-state index contributed by atoms with van der Waals surface area (Å²) in [4.78, 5) is 24.3. The van der Waals surface area contributed by atoms with Crippen LogP contribution in [0.25, 0.3) is 21.3 Å². The number of thiophene rings is 1. The molecule has 0 unspecified atom stereocenters. The van der Waals surface area contributed by atoms with Gasteiger partial charge in [-0.15, -0.1) is 11.3 Å². The van der Waals surface area contributed by atoms with Crippen LogP contribution in [-0.4, -0.2) is 58.2 Å². The summed E-state index contributed by atoms with van der Waals surface area (Å²) < 4.78 is 6.94. The molecule has 39 heavy (non-hydrogen) atoms. The van der Waals surface area contributed by atoms with Crippen LogP contribution in [0.3, 0.4) is 0 Å². The van der Waals surface area contributed by atoms with Crippen LogP contribution in [0.4, 0.5) is 11.6 Å². The van der Waals surface area contributed by atoms with Gasteiger partial charge >= 0.3 is 0 Å². The van der Waals surface area contributed by atoms with E-state index in [0.29, 0.717) is 38.4 Å². The number of likely N-dealkylation sites (tertiary alicyclic amines) is 1. The van der Waals surface area contributed by atoms with Gasteiger partial charge in [0.15, 0.2) is 0 Å². The van der Waals surface area contributed by atoms with Crippen molar-refractivity contribution in [3.05, 3.63) is 64.1 Å². The molecule has 10 heteroatoms. The molecule has 204 valence electrons. The third-order valence-electron chi connectivity index (χ3n) is 6.89. The number of nitrogens with zero attached hydrogens (tertiary/aromatic N) is 3. The normalized spacial score (nSPS) is 14.7. The second-order valence-electron chi connectivity index (χ2n) is 9.94. The van der Waals surface area contributed by atoms with Gasteiger partial charge in [0.25, 0.3) is 5.91 Å². The monoisotopic (exact) mass is 565 g/mol. The molecule has 0 spiro atoms. The van der Waals surface area contributed by atoms with Crippen molar-refractivity contribution in [1.29, 1.82) is 0 Å². The number of aliphatic hydroxyl groups is 1. The highest BCUT2D eigenvalue weighted by atomic mass is 35.5. The number of aliphatic hydroxyl groups excluding tert-OH is 1. The fourth-order valence-electron chi connectivity index (χ4n) is 5.04. The molecule has 0 radical (unpaired) electrons. The number of nitrogens with one attached hydrogen (secondary N) is 1. The van der Waals surface area contributed by atoms with E-state index >= 15 is 0 Å². The van der Waals surface area contributed by atoms with Crippen molar-refractivity contribution in [2.45, 2.75) is 38.7 Å². The quantitative estimate of drug-likeness (QED) is 0.234. The number of aromatic nitrogens is 2. The first-order valence-corrected chi connectivity index (χ1v) is 14.3. The topological polar surface area (TPSA) is 114 Å². The first kappa shape index (κ1) is 27.3. The van der Waals surface area contributed by atoms with E-state index < -0.39 is 5.91 Å². The van der Waals surface area contributed by atoms with Crippen LogP contribution in [0.2, 0.25) is 5.02 Å². The molecular weight excluding hydrogens is 534 g/mol. The zero-order valence-electron chi connectivity index (χ0n) is 22.0. The van der Waals surface area contributed by atoms with Crippen LogP contribution in [0.1, 0.15) is 47.8 Å². The minimum atomic E-state index is -0.534. The number of carbonyl (C=O) groups excluding carboxylic acids is 1. The van der Waals surface area contributed by atoms with Crippen molar-refractivity contribution in [2.75, 3.05) is 31.6 Å². The van der Waals surface area contributed by atoms with Crippen LogP contribution in [-0.2, 0) is 0 Å². The molecule has 1 amide bonds. The average Bonchev–Trinajstić information content (AvgIpc) is 3.29. The van der Waals surface area contributed by atoms with Crippen molar-refractivity contribution in [1.82, 2.24) is 14.9 Å². The highest BCUT2D eigenvalue weighted by molar-refractivity contribution is 7.21. The highest BCUT2D eigenvalue weighted by Gasteiger charge is 2.23. The van der Waals surface area contributed by atoms with Gasteiger partial charge in [0.1, 0.15) is 10.6 Å². The summed E-state index contributed by atoms with van der Waals surface area (Å²) in [6.45, 7) is 6.87. The molecule has 8 nitrogen and oxygen atoms in total. The maximum Gasteiger partial charge on any atom is 0.259 e. The predicted molar refractivity (Wildman–Crippen MR) is 157 cm³/mol. The number of anilines is 2. The summed E-state index contributed by atoms with van der Waals surface area (Å²) in [7, 11) is 0. The molecule has 1 fully saturated rings. The van der Waals surface area contributed by atoms with Crippen molar-refractivity contribution in [3.8, 4) is 16.9 Å². The molecule has 1 aliphatic heterocycles. The highest BCUT2D eigenvalue weighted by Crippen LogP contribution is 2.41. The molecule has 1 saturated heterocycles. The van der Waals surface area contributed by atoms with Gasteiger partial charge in [-0.3, -0.25) is 4.79 Å². The number of primary amides is 1. The Morgan fingerprint density at radius 1 is 1.26 bits per heavy atom. The van der Waals surface area contributed by atoms with Crippen LogP contribution < -0.4 is 15.8 Å². The predicted octanol–water partition coefficient (Wildman–Crippen LogP) is 5.81. The number of piperidine rings is 1. The van der Waals surface area contributed by atoms with Gasteiger partial charge in [-0.1, -0.05) is 35.9 Å². The third-order valence-corrected chi connectivity index (χ3v) is 8.35. The van der Waals surface area contributed by atoms with Crippen molar-refractivity contribution in [2.24, 2.45) is 5.73 Å². The van der Waals surface area contributed by atoms with Gasteiger partial charge in [0.05, 0.1) is 34.8 Å². The summed E-state index contributed by atoms with van der Waals surface area (Å²) in [5, 5.41) is 13.1. The van der Waals surface area contributed by atoms with Crippen LogP contribution in [0.5, 0.6) is 5.75 Å². The fraction of sp³-hybridized carbons (Fsp3) is 0.345. The van der Waals surface area contributed by atoms with Gasteiger partial charge < -0.3 is 25.8 Å². The van der Waals surface area contributed by atoms with Gasteiger partial charge in [0.2, 0.25) is 5.95 Å². The lowest BCUT2D eigenvalue weighted by atomic mass is 9.89. The SMILES string of the molecule is CC(C)Oc1cc(C2CCN(CCO)CC2)ccc1Nc1ncc2sc(C(N)=O)c(-c3ccccc3Cl)c2n1.